The van der Waals surface area contributed by atoms with E-state index in [1.165, 1.54) is 0 Å². The predicted octanol–water partition coefficient (Wildman–Crippen LogP) is 2.49. The summed E-state index contributed by atoms with van der Waals surface area (Å²) in [7, 11) is 0. The van der Waals surface area contributed by atoms with Crippen LogP contribution < -0.4 is 5.32 Å². The third-order valence-electron chi connectivity index (χ3n) is 1.93. The fraction of sp³-hybridized carbons (Fsp3) is 0.0909. The van der Waals surface area contributed by atoms with Gasteiger partial charge in [0.05, 0.1) is 12.1 Å². The van der Waals surface area contributed by atoms with Crippen LogP contribution in [0, 0.1) is 0 Å². The minimum Gasteiger partial charge on any atom is -0.347 e. The molecule has 0 aromatic carbocycles. The van der Waals surface area contributed by atoms with Crippen molar-refractivity contribution >= 4 is 29.7 Å². The highest BCUT2D eigenvalue weighted by Crippen LogP contribution is 2.07. The Hall–Kier alpha value is -1.39. The van der Waals surface area contributed by atoms with Crippen LogP contribution in [0.3, 0.4) is 0 Å². The average Bonchev–Trinajstić information content (AvgIpc) is 2.80. The molecule has 0 bridgehead atoms. The van der Waals surface area contributed by atoms with Gasteiger partial charge >= 0.3 is 0 Å². The Kier molecular flexibility index (Phi) is 4.95. The Morgan fingerprint density at radius 3 is 2.88 bits per heavy atom. The second-order valence-electron chi connectivity index (χ2n) is 3.00. The van der Waals surface area contributed by atoms with E-state index in [1.807, 2.05) is 17.5 Å². The number of carbonyl (C=O) groups is 1. The van der Waals surface area contributed by atoms with E-state index in [1.54, 1.807) is 35.9 Å². The summed E-state index contributed by atoms with van der Waals surface area (Å²) in [6, 6.07) is 7.46. The molecule has 5 heteroatoms. The van der Waals surface area contributed by atoms with Crippen molar-refractivity contribution in [1.82, 2.24) is 10.3 Å². The van der Waals surface area contributed by atoms with Crippen molar-refractivity contribution in [2.24, 2.45) is 0 Å². The molecule has 16 heavy (non-hydrogen) atoms. The average molecular weight is 255 g/mol. The van der Waals surface area contributed by atoms with Gasteiger partial charge in [0.25, 0.3) is 5.91 Å². The summed E-state index contributed by atoms with van der Waals surface area (Å²) >= 11 is 1.63. The Balaban J connectivity index is 0.00000128. The molecule has 0 fully saturated rings. The zero-order valence-corrected chi connectivity index (χ0v) is 10.1. The number of nitrogens with one attached hydrogen (secondary N) is 1. The maximum absolute atomic E-state index is 11.6. The van der Waals surface area contributed by atoms with E-state index in [0.717, 1.165) is 4.88 Å². The van der Waals surface area contributed by atoms with Crippen molar-refractivity contribution in [2.45, 2.75) is 6.54 Å². The maximum Gasteiger partial charge on any atom is 0.253 e. The number of hydrogen-bond donors (Lipinski definition) is 1. The molecular formula is C11H11ClN2OS. The van der Waals surface area contributed by atoms with E-state index in [9.17, 15) is 4.79 Å². The third-order valence-corrected chi connectivity index (χ3v) is 2.80. The molecule has 1 amide bonds. The summed E-state index contributed by atoms with van der Waals surface area (Å²) in [6.45, 7) is 0.575. The van der Waals surface area contributed by atoms with Crippen molar-refractivity contribution in [3.63, 3.8) is 0 Å². The van der Waals surface area contributed by atoms with Gasteiger partial charge in [0, 0.05) is 17.3 Å². The van der Waals surface area contributed by atoms with Gasteiger partial charge in [-0.2, -0.15) is 0 Å². The summed E-state index contributed by atoms with van der Waals surface area (Å²) in [6.07, 6.45) is 3.21. The number of carbonyl (C=O) groups excluding carboxylic acids is 1. The fourth-order valence-corrected chi connectivity index (χ4v) is 1.82. The topological polar surface area (TPSA) is 42.0 Å². The minimum atomic E-state index is -0.0866. The van der Waals surface area contributed by atoms with E-state index in [4.69, 9.17) is 0 Å². The number of nitrogens with zero attached hydrogens (tertiary/aromatic N) is 1. The lowest BCUT2D eigenvalue weighted by atomic mass is 10.3. The van der Waals surface area contributed by atoms with E-state index in [0.29, 0.717) is 12.1 Å². The Bertz CT molecular complexity index is 431. The first-order valence-corrected chi connectivity index (χ1v) is 5.45. The second kappa shape index (κ2) is 6.25. The molecule has 0 saturated heterocycles. The Morgan fingerprint density at radius 2 is 2.25 bits per heavy atom. The van der Waals surface area contributed by atoms with Gasteiger partial charge in [-0.25, -0.2) is 0 Å². The van der Waals surface area contributed by atoms with Crippen molar-refractivity contribution in [3.8, 4) is 0 Å². The van der Waals surface area contributed by atoms with E-state index in [-0.39, 0.29) is 18.3 Å². The van der Waals surface area contributed by atoms with Crippen molar-refractivity contribution < 1.29 is 4.79 Å². The Labute approximate surface area is 104 Å². The number of amides is 1. The van der Waals surface area contributed by atoms with E-state index >= 15 is 0 Å². The van der Waals surface area contributed by atoms with E-state index < -0.39 is 0 Å². The molecule has 84 valence electrons. The van der Waals surface area contributed by atoms with Gasteiger partial charge < -0.3 is 5.32 Å². The highest BCUT2D eigenvalue weighted by atomic mass is 35.5. The van der Waals surface area contributed by atoms with Crippen LogP contribution in [-0.4, -0.2) is 10.9 Å². The molecule has 2 aromatic rings. The minimum absolute atomic E-state index is 0. The lowest BCUT2D eigenvalue weighted by Crippen LogP contribution is -2.22. The normalized spacial score (nSPS) is 9.25. The molecule has 3 nitrogen and oxygen atoms in total. The molecular weight excluding hydrogens is 244 g/mol. The summed E-state index contributed by atoms with van der Waals surface area (Å²) < 4.78 is 0. The standard InChI is InChI=1S/C11H10N2OS.ClH/c14-11(9-3-1-5-12-7-9)13-8-10-4-2-6-15-10;/h1-7H,8H2,(H,13,14);1H. The van der Waals surface area contributed by atoms with Gasteiger partial charge in [-0.15, -0.1) is 23.7 Å². The first-order chi connectivity index (χ1) is 7.36. The SMILES string of the molecule is Cl.O=C(NCc1cccs1)c1cccnc1. The smallest absolute Gasteiger partial charge is 0.253 e. The Morgan fingerprint density at radius 1 is 1.38 bits per heavy atom. The van der Waals surface area contributed by atoms with Crippen molar-refractivity contribution in [2.75, 3.05) is 0 Å². The largest absolute Gasteiger partial charge is 0.347 e. The van der Waals surface area contributed by atoms with Crippen molar-refractivity contribution in [3.05, 3.63) is 52.5 Å². The molecule has 0 aliphatic carbocycles. The van der Waals surface area contributed by atoms with Crippen molar-refractivity contribution in [1.29, 1.82) is 0 Å². The molecule has 0 aliphatic rings. The van der Waals surface area contributed by atoms with Crippen LogP contribution in [0.25, 0.3) is 0 Å². The third kappa shape index (κ3) is 3.32. The van der Waals surface area contributed by atoms with E-state index in [2.05, 4.69) is 10.3 Å². The number of pyridine rings is 1. The molecule has 2 heterocycles. The van der Waals surface area contributed by atoms with Crippen LogP contribution in [0.4, 0.5) is 0 Å². The first-order valence-electron chi connectivity index (χ1n) is 4.57. The number of halogens is 1. The summed E-state index contributed by atoms with van der Waals surface area (Å²) in [5.74, 6) is -0.0866. The summed E-state index contributed by atoms with van der Waals surface area (Å²) in [5, 5.41) is 4.82. The molecule has 0 spiro atoms. The highest BCUT2D eigenvalue weighted by Gasteiger charge is 2.04. The molecule has 0 unspecified atom stereocenters. The monoisotopic (exact) mass is 254 g/mol. The molecule has 1 N–H and O–H groups in total. The van der Waals surface area contributed by atoms with Gasteiger partial charge in [-0.1, -0.05) is 6.07 Å². The van der Waals surface area contributed by atoms with Gasteiger partial charge in [0.1, 0.15) is 0 Å². The fourth-order valence-electron chi connectivity index (χ4n) is 1.18. The second-order valence-corrected chi connectivity index (χ2v) is 4.04. The van der Waals surface area contributed by atoms with Gasteiger partial charge in [-0.05, 0) is 23.6 Å². The molecule has 2 aromatic heterocycles. The van der Waals surface area contributed by atoms with Crippen LogP contribution in [-0.2, 0) is 6.54 Å². The zero-order valence-electron chi connectivity index (χ0n) is 8.42. The highest BCUT2D eigenvalue weighted by molar-refractivity contribution is 7.09. The van der Waals surface area contributed by atoms with Crippen LogP contribution >= 0.6 is 23.7 Å². The molecule has 0 atom stereocenters. The number of aromatic nitrogens is 1. The lowest BCUT2D eigenvalue weighted by Gasteiger charge is -2.02. The lowest BCUT2D eigenvalue weighted by molar-refractivity contribution is 0.0951. The molecule has 0 saturated carbocycles. The quantitative estimate of drug-likeness (QED) is 0.915. The van der Waals surface area contributed by atoms with Gasteiger partial charge in [0.15, 0.2) is 0 Å². The van der Waals surface area contributed by atoms with Crippen LogP contribution in [0.5, 0.6) is 0 Å². The number of hydrogen-bond acceptors (Lipinski definition) is 3. The molecule has 2 rings (SSSR count). The summed E-state index contributed by atoms with van der Waals surface area (Å²) in [4.78, 5) is 16.6. The maximum atomic E-state index is 11.6. The zero-order chi connectivity index (χ0) is 10.5. The molecule has 0 aliphatic heterocycles. The van der Waals surface area contributed by atoms with Gasteiger partial charge in [-0.3, -0.25) is 9.78 Å². The van der Waals surface area contributed by atoms with Gasteiger partial charge in [0.2, 0.25) is 0 Å². The van der Waals surface area contributed by atoms with Crippen LogP contribution in [0.1, 0.15) is 15.2 Å². The number of rotatable bonds is 3. The predicted molar refractivity (Wildman–Crippen MR) is 67.0 cm³/mol. The molecule has 0 radical (unpaired) electrons. The summed E-state index contributed by atoms with van der Waals surface area (Å²) in [5.41, 5.74) is 0.592. The van der Waals surface area contributed by atoms with Crippen LogP contribution in [0.2, 0.25) is 0 Å². The first kappa shape index (κ1) is 12.7. The van der Waals surface area contributed by atoms with Crippen LogP contribution in [0.15, 0.2) is 42.0 Å². The number of thiophene rings is 1.